The van der Waals surface area contributed by atoms with Gasteiger partial charge in [0.05, 0.1) is 0 Å². The first kappa shape index (κ1) is 14.2. The van der Waals surface area contributed by atoms with Crippen molar-refractivity contribution >= 4 is 0 Å². The Morgan fingerprint density at radius 1 is 1.29 bits per heavy atom. The molecule has 3 nitrogen and oxygen atoms in total. The predicted octanol–water partition coefficient (Wildman–Crippen LogP) is 3.00. The van der Waals surface area contributed by atoms with E-state index in [4.69, 9.17) is 0 Å². The van der Waals surface area contributed by atoms with Crippen molar-refractivity contribution in [2.24, 2.45) is 0 Å². The summed E-state index contributed by atoms with van der Waals surface area (Å²) < 4.78 is 2.24. The molecule has 1 aromatic heterocycles. The molecule has 1 rings (SSSR count). The van der Waals surface area contributed by atoms with Gasteiger partial charge in [-0.25, -0.2) is 4.98 Å². The molecule has 1 heterocycles. The van der Waals surface area contributed by atoms with Gasteiger partial charge in [-0.1, -0.05) is 33.1 Å². The van der Waals surface area contributed by atoms with E-state index in [1.807, 2.05) is 6.20 Å². The van der Waals surface area contributed by atoms with Crippen LogP contribution < -0.4 is 5.32 Å². The molecular formula is C14H27N3. The van der Waals surface area contributed by atoms with Gasteiger partial charge in [0, 0.05) is 31.4 Å². The van der Waals surface area contributed by atoms with Crippen molar-refractivity contribution in [2.75, 3.05) is 6.54 Å². The minimum Gasteiger partial charge on any atom is -0.335 e. The molecule has 0 aromatic carbocycles. The van der Waals surface area contributed by atoms with Crippen molar-refractivity contribution in [3.05, 3.63) is 18.2 Å². The molecule has 1 N–H and O–H groups in total. The monoisotopic (exact) mass is 237 g/mol. The van der Waals surface area contributed by atoms with Gasteiger partial charge in [0.15, 0.2) is 0 Å². The molecule has 0 saturated carbocycles. The smallest absolute Gasteiger partial charge is 0.110 e. The number of unbranched alkanes of at least 4 members (excludes halogenated alkanes) is 2. The Morgan fingerprint density at radius 2 is 2.12 bits per heavy atom. The van der Waals surface area contributed by atoms with E-state index in [-0.39, 0.29) is 0 Å². The van der Waals surface area contributed by atoms with Gasteiger partial charge >= 0.3 is 0 Å². The molecule has 0 spiro atoms. The van der Waals surface area contributed by atoms with Gasteiger partial charge in [-0.05, 0) is 19.9 Å². The summed E-state index contributed by atoms with van der Waals surface area (Å²) in [6.45, 7) is 8.67. The summed E-state index contributed by atoms with van der Waals surface area (Å²) >= 11 is 0. The molecule has 0 fully saturated rings. The van der Waals surface area contributed by atoms with Gasteiger partial charge in [-0.2, -0.15) is 0 Å². The van der Waals surface area contributed by atoms with Gasteiger partial charge in [0.2, 0.25) is 0 Å². The molecule has 1 atom stereocenters. The maximum absolute atomic E-state index is 4.46. The predicted molar refractivity (Wildman–Crippen MR) is 73.2 cm³/mol. The quantitative estimate of drug-likeness (QED) is 0.669. The number of rotatable bonds is 9. The van der Waals surface area contributed by atoms with Gasteiger partial charge in [-0.15, -0.1) is 0 Å². The Morgan fingerprint density at radius 3 is 2.76 bits per heavy atom. The van der Waals surface area contributed by atoms with Gasteiger partial charge in [-0.3, -0.25) is 0 Å². The molecule has 0 bridgehead atoms. The van der Waals surface area contributed by atoms with Crippen LogP contribution in [-0.4, -0.2) is 22.1 Å². The van der Waals surface area contributed by atoms with Crippen LogP contribution in [0.1, 0.15) is 52.3 Å². The Hall–Kier alpha value is -0.830. The van der Waals surface area contributed by atoms with Crippen molar-refractivity contribution in [2.45, 2.75) is 65.5 Å². The third-order valence-corrected chi connectivity index (χ3v) is 3.22. The zero-order chi connectivity index (χ0) is 12.5. The van der Waals surface area contributed by atoms with Crippen LogP contribution in [0.5, 0.6) is 0 Å². The summed E-state index contributed by atoms with van der Waals surface area (Å²) in [7, 11) is 0. The zero-order valence-electron chi connectivity index (χ0n) is 11.6. The first-order valence-electron chi connectivity index (χ1n) is 7.05. The van der Waals surface area contributed by atoms with Crippen LogP contribution >= 0.6 is 0 Å². The Balaban J connectivity index is 2.47. The average Bonchev–Trinajstić information content (AvgIpc) is 2.77. The Kier molecular flexibility index (Phi) is 6.94. The van der Waals surface area contributed by atoms with E-state index < -0.39 is 0 Å². The largest absolute Gasteiger partial charge is 0.335 e. The lowest BCUT2D eigenvalue weighted by molar-refractivity contribution is 0.452. The molecular weight excluding hydrogens is 210 g/mol. The topological polar surface area (TPSA) is 29.9 Å². The van der Waals surface area contributed by atoms with E-state index in [1.54, 1.807) is 0 Å². The van der Waals surface area contributed by atoms with Crippen LogP contribution in [0.3, 0.4) is 0 Å². The van der Waals surface area contributed by atoms with Gasteiger partial charge in [0.25, 0.3) is 0 Å². The van der Waals surface area contributed by atoms with E-state index >= 15 is 0 Å². The zero-order valence-corrected chi connectivity index (χ0v) is 11.6. The summed E-state index contributed by atoms with van der Waals surface area (Å²) in [5, 5.41) is 3.58. The molecule has 3 heteroatoms. The number of hydrogen-bond donors (Lipinski definition) is 1. The lowest BCUT2D eigenvalue weighted by Gasteiger charge is -2.18. The van der Waals surface area contributed by atoms with Crippen LogP contribution in [0, 0.1) is 0 Å². The van der Waals surface area contributed by atoms with Crippen molar-refractivity contribution < 1.29 is 0 Å². The molecule has 0 radical (unpaired) electrons. The van der Waals surface area contributed by atoms with Crippen LogP contribution in [0.4, 0.5) is 0 Å². The van der Waals surface area contributed by atoms with E-state index in [1.165, 1.54) is 31.5 Å². The average molecular weight is 237 g/mol. The number of nitrogens with zero attached hydrogens (tertiary/aromatic N) is 2. The fourth-order valence-corrected chi connectivity index (χ4v) is 2.24. The van der Waals surface area contributed by atoms with Crippen LogP contribution in [-0.2, 0) is 13.0 Å². The van der Waals surface area contributed by atoms with E-state index in [9.17, 15) is 0 Å². The minimum absolute atomic E-state index is 0.583. The van der Waals surface area contributed by atoms with E-state index in [0.717, 1.165) is 19.5 Å². The highest BCUT2D eigenvalue weighted by Gasteiger charge is 2.11. The maximum Gasteiger partial charge on any atom is 0.110 e. The highest BCUT2D eigenvalue weighted by Crippen LogP contribution is 2.09. The second kappa shape index (κ2) is 8.29. The summed E-state index contributed by atoms with van der Waals surface area (Å²) in [6.07, 6.45) is 10.3. The molecule has 1 aromatic rings. The van der Waals surface area contributed by atoms with Crippen molar-refractivity contribution in [3.8, 4) is 0 Å². The summed E-state index contributed by atoms with van der Waals surface area (Å²) in [5.41, 5.74) is 0. The third kappa shape index (κ3) is 4.90. The number of hydrogen-bond acceptors (Lipinski definition) is 2. The first-order chi connectivity index (χ1) is 8.31. The number of aryl methyl sites for hydroxylation is 1. The van der Waals surface area contributed by atoms with Crippen molar-refractivity contribution in [1.82, 2.24) is 14.9 Å². The molecule has 0 aliphatic rings. The molecule has 0 saturated heterocycles. The molecule has 17 heavy (non-hydrogen) atoms. The van der Waals surface area contributed by atoms with Crippen LogP contribution in [0.15, 0.2) is 12.4 Å². The maximum atomic E-state index is 4.46. The standard InChI is InChI=1S/C14H27N3/c1-4-7-8-9-13(15-5-2)12-14-16-10-11-17(14)6-3/h10-11,13,15H,4-9,12H2,1-3H3. The molecule has 1 unspecified atom stereocenters. The number of nitrogens with one attached hydrogen (secondary N) is 1. The van der Waals surface area contributed by atoms with Gasteiger partial charge in [0.1, 0.15) is 5.82 Å². The van der Waals surface area contributed by atoms with E-state index in [0.29, 0.717) is 6.04 Å². The number of likely N-dealkylation sites (N-methyl/N-ethyl adjacent to an activating group) is 1. The summed E-state index contributed by atoms with van der Waals surface area (Å²) in [6, 6.07) is 0.583. The Labute approximate surface area is 106 Å². The lowest BCUT2D eigenvalue weighted by atomic mass is 10.1. The second-order valence-corrected chi connectivity index (χ2v) is 4.58. The fourth-order valence-electron chi connectivity index (χ4n) is 2.24. The lowest BCUT2D eigenvalue weighted by Crippen LogP contribution is -2.32. The van der Waals surface area contributed by atoms with Crippen molar-refractivity contribution in [3.63, 3.8) is 0 Å². The number of imidazole rings is 1. The third-order valence-electron chi connectivity index (χ3n) is 3.22. The highest BCUT2D eigenvalue weighted by atomic mass is 15.1. The van der Waals surface area contributed by atoms with Crippen LogP contribution in [0.2, 0.25) is 0 Å². The summed E-state index contributed by atoms with van der Waals surface area (Å²) in [4.78, 5) is 4.46. The molecule has 0 aliphatic heterocycles. The number of aromatic nitrogens is 2. The van der Waals surface area contributed by atoms with Crippen LogP contribution in [0.25, 0.3) is 0 Å². The normalized spacial score (nSPS) is 12.9. The van der Waals surface area contributed by atoms with Crippen molar-refractivity contribution in [1.29, 1.82) is 0 Å². The van der Waals surface area contributed by atoms with E-state index in [2.05, 4.69) is 41.8 Å². The first-order valence-corrected chi connectivity index (χ1v) is 7.05. The molecule has 0 amide bonds. The molecule has 0 aliphatic carbocycles. The second-order valence-electron chi connectivity index (χ2n) is 4.58. The summed E-state index contributed by atoms with van der Waals surface area (Å²) in [5.74, 6) is 1.22. The Bertz CT molecular complexity index is 293. The van der Waals surface area contributed by atoms with Gasteiger partial charge < -0.3 is 9.88 Å². The minimum atomic E-state index is 0.583. The fraction of sp³-hybridized carbons (Fsp3) is 0.786. The SMILES string of the molecule is CCCCCC(Cc1nccn1CC)NCC. The highest BCUT2D eigenvalue weighted by molar-refractivity contribution is 4.95. The molecule has 98 valence electrons.